The molecule has 2 N–H and O–H groups in total. The molecule has 0 unspecified atom stereocenters. The first-order chi connectivity index (χ1) is 11.3. The average Bonchev–Trinajstić information content (AvgIpc) is 2.60. The number of ether oxygens (including phenoxy) is 2. The van der Waals surface area contributed by atoms with E-state index in [4.69, 9.17) is 9.47 Å². The van der Waals surface area contributed by atoms with Crippen LogP contribution in [0.5, 0.6) is 11.5 Å². The molecule has 0 radical (unpaired) electrons. The maximum absolute atomic E-state index is 5.52. The fourth-order valence-corrected chi connectivity index (χ4v) is 2.12. The summed E-state index contributed by atoms with van der Waals surface area (Å²) in [5.74, 6) is 2.11. The molecule has 0 aliphatic carbocycles. The second kappa shape index (κ2) is 10.7. The van der Waals surface area contributed by atoms with E-state index in [0.717, 1.165) is 11.4 Å². The lowest BCUT2D eigenvalue weighted by molar-refractivity contribution is 0.311. The van der Waals surface area contributed by atoms with Crippen molar-refractivity contribution in [2.24, 2.45) is 4.99 Å². The molecule has 5 nitrogen and oxygen atoms in total. The first kappa shape index (κ1) is 20.1. The molecule has 0 amide bonds. The third-order valence-corrected chi connectivity index (χ3v) is 3.25. The Hall–Kier alpha value is -1.96. The summed E-state index contributed by atoms with van der Waals surface area (Å²) in [4.78, 5) is 4.24. The first-order valence-electron chi connectivity index (χ1n) is 7.59. The molecule has 0 spiro atoms. The fourth-order valence-electron chi connectivity index (χ4n) is 2.12. The molecule has 0 aliphatic heterocycles. The summed E-state index contributed by atoms with van der Waals surface area (Å²) in [6.07, 6.45) is 0. The molecule has 0 saturated heterocycles. The summed E-state index contributed by atoms with van der Waals surface area (Å²) in [7, 11) is 3.37. The Balaban J connectivity index is 0.00000288. The Labute approximate surface area is 160 Å². The molecule has 0 atom stereocenters. The number of halogens is 1. The van der Waals surface area contributed by atoms with Crippen LogP contribution in [0.1, 0.15) is 12.5 Å². The highest BCUT2D eigenvalue weighted by Crippen LogP contribution is 2.30. The molecular formula is C18H24IN3O2. The van der Waals surface area contributed by atoms with Gasteiger partial charge in [0.25, 0.3) is 0 Å². The number of nitrogens with zero attached hydrogens (tertiary/aromatic N) is 1. The molecule has 24 heavy (non-hydrogen) atoms. The van der Waals surface area contributed by atoms with Gasteiger partial charge in [-0.1, -0.05) is 30.3 Å². The number of aliphatic imine (C=N–C) groups is 1. The van der Waals surface area contributed by atoms with Crippen LogP contribution in [-0.2, 0) is 6.54 Å². The predicted molar refractivity (Wildman–Crippen MR) is 110 cm³/mol. The van der Waals surface area contributed by atoms with Crippen LogP contribution >= 0.6 is 24.0 Å². The van der Waals surface area contributed by atoms with Gasteiger partial charge in [-0.05, 0) is 24.6 Å². The molecule has 0 bridgehead atoms. The Bertz CT molecular complexity index is 648. The predicted octanol–water partition coefficient (Wildman–Crippen LogP) is 3.90. The van der Waals surface area contributed by atoms with E-state index in [0.29, 0.717) is 24.9 Å². The van der Waals surface area contributed by atoms with Gasteiger partial charge in [-0.2, -0.15) is 0 Å². The van der Waals surface area contributed by atoms with E-state index in [2.05, 4.69) is 27.8 Å². The van der Waals surface area contributed by atoms with Crippen LogP contribution in [-0.4, -0.2) is 26.7 Å². The Kier molecular flexibility index (Phi) is 8.99. The highest BCUT2D eigenvalue weighted by Gasteiger charge is 2.06. The van der Waals surface area contributed by atoms with Crippen LogP contribution in [0.25, 0.3) is 0 Å². The second-order valence-corrected chi connectivity index (χ2v) is 4.84. The zero-order valence-corrected chi connectivity index (χ0v) is 16.5. The summed E-state index contributed by atoms with van der Waals surface area (Å²) >= 11 is 0. The third-order valence-electron chi connectivity index (χ3n) is 3.25. The standard InChI is InChI=1S/C18H23N3O2.HI/c1-4-23-16-11-10-15(12-17(16)22-3)21-18(19-2)20-13-14-8-6-5-7-9-14;/h5-12H,4,13H2,1-3H3,(H2,19,20,21);1H. The van der Waals surface area contributed by atoms with Crippen molar-refractivity contribution in [3.8, 4) is 11.5 Å². The first-order valence-corrected chi connectivity index (χ1v) is 7.59. The summed E-state index contributed by atoms with van der Waals surface area (Å²) in [6.45, 7) is 3.25. The normalized spacial score (nSPS) is 10.5. The van der Waals surface area contributed by atoms with Crippen molar-refractivity contribution < 1.29 is 9.47 Å². The molecule has 2 aromatic carbocycles. The number of hydrogen-bond donors (Lipinski definition) is 2. The maximum atomic E-state index is 5.52. The minimum absolute atomic E-state index is 0. The van der Waals surface area contributed by atoms with Gasteiger partial charge in [-0.25, -0.2) is 0 Å². The van der Waals surface area contributed by atoms with Crippen LogP contribution in [0.3, 0.4) is 0 Å². The number of guanidine groups is 1. The van der Waals surface area contributed by atoms with Crippen molar-refractivity contribution in [3.63, 3.8) is 0 Å². The van der Waals surface area contributed by atoms with E-state index < -0.39 is 0 Å². The summed E-state index contributed by atoms with van der Waals surface area (Å²) in [5, 5.41) is 6.52. The molecule has 0 aliphatic rings. The van der Waals surface area contributed by atoms with E-state index in [1.54, 1.807) is 14.2 Å². The monoisotopic (exact) mass is 441 g/mol. The van der Waals surface area contributed by atoms with Gasteiger partial charge in [0.15, 0.2) is 17.5 Å². The lowest BCUT2D eigenvalue weighted by Crippen LogP contribution is -2.30. The van der Waals surface area contributed by atoms with Gasteiger partial charge in [0.1, 0.15) is 0 Å². The SMILES string of the molecule is CCOc1ccc(NC(=NC)NCc2ccccc2)cc1OC.I. The topological polar surface area (TPSA) is 54.9 Å². The number of anilines is 1. The molecular weight excluding hydrogens is 417 g/mol. The summed E-state index contributed by atoms with van der Waals surface area (Å²) in [5.41, 5.74) is 2.08. The van der Waals surface area contributed by atoms with Crippen LogP contribution in [0.2, 0.25) is 0 Å². The zero-order chi connectivity index (χ0) is 16.5. The minimum Gasteiger partial charge on any atom is -0.493 e. The molecule has 0 heterocycles. The lowest BCUT2D eigenvalue weighted by Gasteiger charge is -2.14. The highest BCUT2D eigenvalue weighted by molar-refractivity contribution is 14.0. The highest BCUT2D eigenvalue weighted by atomic mass is 127. The Morgan fingerprint density at radius 2 is 1.83 bits per heavy atom. The van der Waals surface area contributed by atoms with Crippen LogP contribution in [0.15, 0.2) is 53.5 Å². The second-order valence-electron chi connectivity index (χ2n) is 4.84. The zero-order valence-electron chi connectivity index (χ0n) is 14.2. The van der Waals surface area contributed by atoms with Crippen molar-refractivity contribution >= 4 is 35.6 Å². The van der Waals surface area contributed by atoms with Crippen LogP contribution < -0.4 is 20.1 Å². The minimum atomic E-state index is 0. The smallest absolute Gasteiger partial charge is 0.195 e. The summed E-state index contributed by atoms with van der Waals surface area (Å²) in [6, 6.07) is 15.9. The lowest BCUT2D eigenvalue weighted by atomic mass is 10.2. The maximum Gasteiger partial charge on any atom is 0.195 e. The van der Waals surface area contributed by atoms with Gasteiger partial charge >= 0.3 is 0 Å². The van der Waals surface area contributed by atoms with Crippen LogP contribution in [0.4, 0.5) is 5.69 Å². The number of rotatable bonds is 6. The van der Waals surface area contributed by atoms with Crippen molar-refractivity contribution in [3.05, 3.63) is 54.1 Å². The van der Waals surface area contributed by atoms with E-state index in [1.165, 1.54) is 5.56 Å². The molecule has 130 valence electrons. The molecule has 0 aromatic heterocycles. The average molecular weight is 441 g/mol. The number of benzene rings is 2. The van der Waals surface area contributed by atoms with E-state index >= 15 is 0 Å². The van der Waals surface area contributed by atoms with Crippen molar-refractivity contribution in [2.45, 2.75) is 13.5 Å². The van der Waals surface area contributed by atoms with E-state index in [-0.39, 0.29) is 24.0 Å². The van der Waals surface area contributed by atoms with Crippen LogP contribution in [0, 0.1) is 0 Å². The van der Waals surface area contributed by atoms with Gasteiger partial charge in [-0.15, -0.1) is 24.0 Å². The summed E-state index contributed by atoms with van der Waals surface area (Å²) < 4.78 is 10.9. The molecule has 2 aromatic rings. The van der Waals surface area contributed by atoms with Gasteiger partial charge in [-0.3, -0.25) is 4.99 Å². The molecule has 2 rings (SSSR count). The van der Waals surface area contributed by atoms with E-state index in [1.807, 2.05) is 43.3 Å². The molecule has 0 saturated carbocycles. The number of hydrogen-bond acceptors (Lipinski definition) is 3. The molecule has 6 heteroatoms. The Morgan fingerprint density at radius 1 is 1.08 bits per heavy atom. The Morgan fingerprint density at radius 3 is 2.46 bits per heavy atom. The number of nitrogens with one attached hydrogen (secondary N) is 2. The van der Waals surface area contributed by atoms with Gasteiger partial charge in [0, 0.05) is 25.3 Å². The van der Waals surface area contributed by atoms with Crippen molar-refractivity contribution in [2.75, 3.05) is 26.1 Å². The van der Waals surface area contributed by atoms with Crippen molar-refractivity contribution in [1.29, 1.82) is 0 Å². The van der Waals surface area contributed by atoms with Gasteiger partial charge in [0.05, 0.1) is 13.7 Å². The van der Waals surface area contributed by atoms with Crippen molar-refractivity contribution in [1.82, 2.24) is 5.32 Å². The fraction of sp³-hybridized carbons (Fsp3) is 0.278. The number of methoxy groups -OCH3 is 1. The third kappa shape index (κ3) is 5.92. The largest absolute Gasteiger partial charge is 0.493 e. The van der Waals surface area contributed by atoms with Gasteiger partial charge in [0.2, 0.25) is 0 Å². The molecule has 0 fully saturated rings. The van der Waals surface area contributed by atoms with Gasteiger partial charge < -0.3 is 20.1 Å². The quantitative estimate of drug-likeness (QED) is 0.406. The van der Waals surface area contributed by atoms with E-state index in [9.17, 15) is 0 Å².